The topological polar surface area (TPSA) is 74.0 Å². The second-order valence-electron chi connectivity index (χ2n) is 7.95. The first kappa shape index (κ1) is 20.3. The van der Waals surface area contributed by atoms with E-state index in [4.69, 9.17) is 0 Å². The third-order valence-corrected chi connectivity index (χ3v) is 5.76. The molecule has 4 aromatic rings. The number of aryl methyl sites for hydroxylation is 1. The standard InChI is InChI=1S/C27H21N5O/c1-31-16-23(29-17-31)19-11-13-21(14-12-19)30-26(20-9-7-18(15-28)8-10-20)25-22-5-3-4-6-24(22)32(2)27(25)33/h3-14,16-17,30H,1-2H3. The van der Waals surface area contributed by atoms with Gasteiger partial charge in [-0.1, -0.05) is 42.5 Å². The minimum atomic E-state index is -0.0758. The van der Waals surface area contributed by atoms with E-state index in [0.29, 0.717) is 16.8 Å². The maximum absolute atomic E-state index is 13.3. The number of para-hydroxylation sites is 1. The van der Waals surface area contributed by atoms with Gasteiger partial charge in [-0.05, 0) is 35.9 Å². The zero-order chi connectivity index (χ0) is 22.9. The van der Waals surface area contributed by atoms with E-state index in [-0.39, 0.29) is 5.91 Å². The molecular formula is C27H21N5O. The minimum Gasteiger partial charge on any atom is -0.354 e. The lowest BCUT2D eigenvalue weighted by molar-refractivity contribution is -0.112. The summed E-state index contributed by atoms with van der Waals surface area (Å²) in [6.07, 6.45) is 3.74. The fourth-order valence-electron chi connectivity index (χ4n) is 4.03. The molecule has 3 aromatic carbocycles. The van der Waals surface area contributed by atoms with Crippen LogP contribution >= 0.6 is 0 Å². The van der Waals surface area contributed by atoms with Crippen molar-refractivity contribution in [3.05, 3.63) is 102 Å². The molecule has 0 spiro atoms. The summed E-state index contributed by atoms with van der Waals surface area (Å²) in [7, 11) is 3.72. The Labute approximate surface area is 192 Å². The zero-order valence-corrected chi connectivity index (χ0v) is 18.3. The number of imidazole rings is 1. The number of hydrogen-bond acceptors (Lipinski definition) is 4. The lowest BCUT2D eigenvalue weighted by Crippen LogP contribution is -2.21. The lowest BCUT2D eigenvalue weighted by atomic mass is 9.99. The van der Waals surface area contributed by atoms with Gasteiger partial charge in [-0.2, -0.15) is 5.26 Å². The second-order valence-corrected chi connectivity index (χ2v) is 7.95. The molecular weight excluding hydrogens is 410 g/mol. The number of nitrogens with one attached hydrogen (secondary N) is 1. The van der Waals surface area contributed by atoms with Crippen LogP contribution in [0.4, 0.5) is 11.4 Å². The van der Waals surface area contributed by atoms with Crippen LogP contribution in [0.15, 0.2) is 85.3 Å². The maximum Gasteiger partial charge on any atom is 0.260 e. The number of aromatic nitrogens is 2. The van der Waals surface area contributed by atoms with Gasteiger partial charge in [0.15, 0.2) is 0 Å². The molecule has 2 heterocycles. The van der Waals surface area contributed by atoms with Crippen molar-refractivity contribution in [2.75, 3.05) is 17.3 Å². The Hall–Kier alpha value is -4.63. The van der Waals surface area contributed by atoms with Gasteiger partial charge in [0, 0.05) is 37.1 Å². The average Bonchev–Trinajstić information content (AvgIpc) is 3.39. The summed E-state index contributed by atoms with van der Waals surface area (Å²) in [4.78, 5) is 19.4. The van der Waals surface area contributed by atoms with Crippen LogP contribution in [0, 0.1) is 11.3 Å². The normalized spacial score (nSPS) is 14.1. The average molecular weight is 431 g/mol. The summed E-state index contributed by atoms with van der Waals surface area (Å²) in [5, 5.41) is 12.7. The Kier molecular flexibility index (Phi) is 5.00. The van der Waals surface area contributed by atoms with Gasteiger partial charge >= 0.3 is 0 Å². The number of nitriles is 1. The summed E-state index contributed by atoms with van der Waals surface area (Å²) in [6, 6.07) is 25.1. The van der Waals surface area contributed by atoms with Crippen LogP contribution in [0.25, 0.3) is 22.5 Å². The number of rotatable bonds is 4. The van der Waals surface area contributed by atoms with Crippen molar-refractivity contribution >= 4 is 28.6 Å². The Morgan fingerprint density at radius 3 is 2.36 bits per heavy atom. The molecule has 0 fully saturated rings. The van der Waals surface area contributed by atoms with Crippen molar-refractivity contribution in [1.29, 1.82) is 5.26 Å². The number of nitrogens with zero attached hydrogens (tertiary/aromatic N) is 4. The maximum atomic E-state index is 13.3. The van der Waals surface area contributed by atoms with E-state index < -0.39 is 0 Å². The van der Waals surface area contributed by atoms with Crippen LogP contribution in [-0.2, 0) is 11.8 Å². The number of amides is 1. The number of fused-ring (bicyclic) bond motifs is 1. The van der Waals surface area contributed by atoms with Gasteiger partial charge in [-0.25, -0.2) is 4.98 Å². The van der Waals surface area contributed by atoms with Crippen molar-refractivity contribution in [2.45, 2.75) is 0 Å². The molecule has 0 saturated heterocycles. The molecule has 1 amide bonds. The van der Waals surface area contributed by atoms with E-state index in [1.807, 2.05) is 78.5 Å². The molecule has 1 aliphatic rings. The van der Waals surface area contributed by atoms with Crippen LogP contribution < -0.4 is 10.2 Å². The van der Waals surface area contributed by atoms with E-state index in [0.717, 1.165) is 33.8 Å². The lowest BCUT2D eigenvalue weighted by Gasteiger charge is -2.16. The van der Waals surface area contributed by atoms with Crippen LogP contribution in [0.5, 0.6) is 0 Å². The third kappa shape index (κ3) is 3.66. The smallest absolute Gasteiger partial charge is 0.260 e. The molecule has 0 unspecified atom stereocenters. The summed E-state index contributed by atoms with van der Waals surface area (Å²) < 4.78 is 1.91. The number of likely N-dealkylation sites (N-methyl/N-ethyl adjacent to an activating group) is 1. The number of carbonyl (C=O) groups excluding carboxylic acids is 1. The van der Waals surface area contributed by atoms with E-state index in [9.17, 15) is 10.1 Å². The zero-order valence-electron chi connectivity index (χ0n) is 18.3. The first-order valence-electron chi connectivity index (χ1n) is 10.5. The Morgan fingerprint density at radius 1 is 0.970 bits per heavy atom. The molecule has 0 radical (unpaired) electrons. The molecule has 5 rings (SSSR count). The van der Waals surface area contributed by atoms with Crippen molar-refractivity contribution in [1.82, 2.24) is 9.55 Å². The van der Waals surface area contributed by atoms with Crippen molar-refractivity contribution < 1.29 is 4.79 Å². The fraction of sp³-hybridized carbons (Fsp3) is 0.0741. The van der Waals surface area contributed by atoms with Gasteiger partial charge in [-0.15, -0.1) is 0 Å². The molecule has 1 N–H and O–H groups in total. The minimum absolute atomic E-state index is 0.0758. The van der Waals surface area contributed by atoms with Crippen molar-refractivity contribution in [3.8, 4) is 17.3 Å². The van der Waals surface area contributed by atoms with Gasteiger partial charge in [0.2, 0.25) is 0 Å². The monoisotopic (exact) mass is 431 g/mol. The van der Waals surface area contributed by atoms with E-state index >= 15 is 0 Å². The summed E-state index contributed by atoms with van der Waals surface area (Å²) in [6.45, 7) is 0. The van der Waals surface area contributed by atoms with Crippen molar-refractivity contribution in [2.24, 2.45) is 7.05 Å². The molecule has 1 aliphatic heterocycles. The molecule has 6 nitrogen and oxygen atoms in total. The fourth-order valence-corrected chi connectivity index (χ4v) is 4.03. The van der Waals surface area contributed by atoms with Crippen LogP contribution in [0.1, 0.15) is 16.7 Å². The summed E-state index contributed by atoms with van der Waals surface area (Å²) >= 11 is 0. The number of benzene rings is 3. The highest BCUT2D eigenvalue weighted by molar-refractivity contribution is 6.38. The van der Waals surface area contributed by atoms with Gasteiger partial charge in [0.05, 0.1) is 40.6 Å². The van der Waals surface area contributed by atoms with Crippen LogP contribution in [-0.4, -0.2) is 22.5 Å². The second kappa shape index (κ2) is 8.13. The number of carbonyl (C=O) groups is 1. The highest BCUT2D eigenvalue weighted by Gasteiger charge is 2.32. The molecule has 0 aliphatic carbocycles. The van der Waals surface area contributed by atoms with E-state index in [1.165, 1.54) is 0 Å². The van der Waals surface area contributed by atoms with Crippen LogP contribution in [0.2, 0.25) is 0 Å². The Morgan fingerprint density at radius 2 is 1.70 bits per heavy atom. The molecule has 6 heteroatoms. The highest BCUT2D eigenvalue weighted by atomic mass is 16.2. The van der Waals surface area contributed by atoms with Gasteiger partial charge in [0.1, 0.15) is 0 Å². The highest BCUT2D eigenvalue weighted by Crippen LogP contribution is 2.40. The molecule has 1 aromatic heterocycles. The number of anilines is 2. The quantitative estimate of drug-likeness (QED) is 0.466. The van der Waals surface area contributed by atoms with Crippen molar-refractivity contribution in [3.63, 3.8) is 0 Å². The largest absolute Gasteiger partial charge is 0.354 e. The number of hydrogen-bond donors (Lipinski definition) is 1. The SMILES string of the molecule is CN1C(=O)C(=C(Nc2ccc(-c3cn(C)cn3)cc2)c2ccc(C#N)cc2)c2ccccc21. The molecule has 160 valence electrons. The predicted molar refractivity (Wildman–Crippen MR) is 130 cm³/mol. The summed E-state index contributed by atoms with van der Waals surface area (Å²) in [5.74, 6) is -0.0758. The van der Waals surface area contributed by atoms with Gasteiger partial charge < -0.3 is 14.8 Å². The first-order valence-corrected chi connectivity index (χ1v) is 10.5. The van der Waals surface area contributed by atoms with Crippen LogP contribution in [0.3, 0.4) is 0 Å². The molecule has 0 atom stereocenters. The van der Waals surface area contributed by atoms with E-state index in [2.05, 4.69) is 16.4 Å². The first-order chi connectivity index (χ1) is 16.0. The van der Waals surface area contributed by atoms with E-state index in [1.54, 1.807) is 30.4 Å². The molecule has 0 saturated carbocycles. The molecule has 33 heavy (non-hydrogen) atoms. The Balaban J connectivity index is 1.60. The van der Waals surface area contributed by atoms with Gasteiger partial charge in [-0.3, -0.25) is 4.79 Å². The van der Waals surface area contributed by atoms with Gasteiger partial charge in [0.25, 0.3) is 5.91 Å². The third-order valence-electron chi connectivity index (χ3n) is 5.76. The Bertz CT molecular complexity index is 1420. The predicted octanol–water partition coefficient (Wildman–Crippen LogP) is 4.92. The summed E-state index contributed by atoms with van der Waals surface area (Å²) in [5.41, 5.74) is 7.21. The molecule has 0 bridgehead atoms.